The summed E-state index contributed by atoms with van der Waals surface area (Å²) < 4.78 is 38.2. The zero-order valence-electron chi connectivity index (χ0n) is 14.7. The average molecular weight is 325 g/mol. The highest BCUT2D eigenvalue weighted by Gasteiger charge is 2.30. The van der Waals surface area contributed by atoms with Crippen LogP contribution in [-0.2, 0) is 6.18 Å². The lowest BCUT2D eigenvalue weighted by Crippen LogP contribution is -2.07. The summed E-state index contributed by atoms with van der Waals surface area (Å²) in [6.45, 7) is 11.7. The van der Waals surface area contributed by atoms with Crippen LogP contribution in [0.15, 0.2) is 59.3 Å². The normalized spacial score (nSPS) is 11.8. The number of benzene rings is 1. The highest BCUT2D eigenvalue weighted by Crippen LogP contribution is 2.31. The molecule has 0 aliphatic heterocycles. The van der Waals surface area contributed by atoms with Crippen molar-refractivity contribution >= 4 is 5.69 Å². The second-order valence-electron chi connectivity index (χ2n) is 4.95. The van der Waals surface area contributed by atoms with E-state index in [0.29, 0.717) is 5.69 Å². The summed E-state index contributed by atoms with van der Waals surface area (Å²) in [4.78, 5) is 0. The van der Waals surface area contributed by atoms with Gasteiger partial charge in [-0.1, -0.05) is 43.7 Å². The Morgan fingerprint density at radius 3 is 2.17 bits per heavy atom. The van der Waals surface area contributed by atoms with Gasteiger partial charge >= 0.3 is 6.18 Å². The Hall–Kier alpha value is -1.97. The fraction of sp³-hybridized carbons (Fsp3) is 0.368. The number of hydrogen-bond donors (Lipinski definition) is 1. The van der Waals surface area contributed by atoms with Crippen molar-refractivity contribution in [2.45, 2.75) is 47.7 Å². The Morgan fingerprint density at radius 2 is 1.70 bits per heavy atom. The zero-order chi connectivity index (χ0) is 18.0. The first-order valence-corrected chi connectivity index (χ1v) is 7.67. The summed E-state index contributed by atoms with van der Waals surface area (Å²) in [6, 6.07) is 5.21. The summed E-state index contributed by atoms with van der Waals surface area (Å²) in [5, 5.41) is 3.08. The number of allylic oxidation sites excluding steroid dienone is 5. The van der Waals surface area contributed by atoms with E-state index in [1.807, 2.05) is 59.8 Å². The number of anilines is 1. The molecule has 0 heterocycles. The van der Waals surface area contributed by atoms with Crippen LogP contribution >= 0.6 is 0 Å². The minimum atomic E-state index is -4.33. The highest BCUT2D eigenvalue weighted by molar-refractivity contribution is 5.56. The van der Waals surface area contributed by atoms with Gasteiger partial charge in [0.25, 0.3) is 0 Å². The molecule has 0 aliphatic rings. The van der Waals surface area contributed by atoms with E-state index in [1.165, 1.54) is 6.07 Å². The molecule has 0 fully saturated rings. The van der Waals surface area contributed by atoms with E-state index in [9.17, 15) is 13.2 Å². The maximum Gasteiger partial charge on any atom is 0.416 e. The average Bonchev–Trinajstić information content (AvgIpc) is 2.51. The minimum absolute atomic E-state index is 0.425. The van der Waals surface area contributed by atoms with Gasteiger partial charge in [-0.2, -0.15) is 13.2 Å². The molecule has 0 amide bonds. The van der Waals surface area contributed by atoms with E-state index < -0.39 is 11.7 Å². The molecule has 0 radical (unpaired) electrons. The van der Waals surface area contributed by atoms with Crippen molar-refractivity contribution in [3.63, 3.8) is 0 Å². The Labute approximate surface area is 137 Å². The number of nitrogens with one attached hydrogen (secondary N) is 1. The van der Waals surface area contributed by atoms with Crippen molar-refractivity contribution in [3.8, 4) is 0 Å². The van der Waals surface area contributed by atoms with E-state index in [2.05, 4.69) is 5.32 Å². The summed E-state index contributed by atoms with van der Waals surface area (Å²) >= 11 is 0. The molecule has 1 aromatic rings. The molecular formula is C19H26F3N. The van der Waals surface area contributed by atoms with Crippen molar-refractivity contribution < 1.29 is 13.2 Å². The molecule has 0 aromatic heterocycles. The Balaban J connectivity index is 0.00000232. The SMILES string of the molecule is C/C=C\C=C(\C)C(Nc1cccc(C(F)(F)F)c1)=C(C)C.CC. The second kappa shape index (κ2) is 9.93. The van der Waals surface area contributed by atoms with Crippen molar-refractivity contribution in [3.05, 3.63) is 64.9 Å². The third kappa shape index (κ3) is 7.22. The molecule has 128 valence electrons. The Morgan fingerprint density at radius 1 is 1.09 bits per heavy atom. The second-order valence-corrected chi connectivity index (χ2v) is 4.95. The molecule has 1 nitrogen and oxygen atoms in total. The van der Waals surface area contributed by atoms with Crippen LogP contribution in [0.2, 0.25) is 0 Å². The van der Waals surface area contributed by atoms with E-state index >= 15 is 0 Å². The molecule has 1 rings (SSSR count). The van der Waals surface area contributed by atoms with Gasteiger partial charge in [0.05, 0.1) is 5.56 Å². The van der Waals surface area contributed by atoms with Crippen LogP contribution in [0.3, 0.4) is 0 Å². The van der Waals surface area contributed by atoms with Gasteiger partial charge in [-0.15, -0.1) is 0 Å². The first kappa shape index (κ1) is 21.0. The molecule has 4 heteroatoms. The van der Waals surface area contributed by atoms with Gasteiger partial charge in [0, 0.05) is 11.4 Å². The number of rotatable bonds is 4. The summed E-state index contributed by atoms with van der Waals surface area (Å²) in [5.74, 6) is 0. The summed E-state index contributed by atoms with van der Waals surface area (Å²) in [5.41, 5.74) is 2.56. The lowest BCUT2D eigenvalue weighted by molar-refractivity contribution is -0.137. The topological polar surface area (TPSA) is 12.0 Å². The number of halogens is 3. The highest BCUT2D eigenvalue weighted by atomic mass is 19.4. The number of hydrogen-bond acceptors (Lipinski definition) is 1. The van der Waals surface area contributed by atoms with E-state index in [4.69, 9.17) is 0 Å². The van der Waals surface area contributed by atoms with E-state index in [0.717, 1.165) is 29.0 Å². The van der Waals surface area contributed by atoms with Crippen LogP contribution in [0.5, 0.6) is 0 Å². The minimum Gasteiger partial charge on any atom is -0.355 e. The molecule has 0 atom stereocenters. The van der Waals surface area contributed by atoms with Gasteiger partial charge in [0.1, 0.15) is 0 Å². The molecule has 0 saturated heterocycles. The van der Waals surface area contributed by atoms with Crippen molar-refractivity contribution in [1.29, 1.82) is 0 Å². The first-order valence-electron chi connectivity index (χ1n) is 7.67. The number of alkyl halides is 3. The van der Waals surface area contributed by atoms with Gasteiger partial charge in [-0.05, 0) is 51.5 Å². The summed E-state index contributed by atoms with van der Waals surface area (Å²) in [7, 11) is 0. The maximum absolute atomic E-state index is 12.7. The largest absolute Gasteiger partial charge is 0.416 e. The van der Waals surface area contributed by atoms with Crippen molar-refractivity contribution in [2.75, 3.05) is 5.32 Å². The van der Waals surface area contributed by atoms with Crippen molar-refractivity contribution in [1.82, 2.24) is 0 Å². The predicted octanol–water partition coefficient (Wildman–Crippen LogP) is 6.96. The quantitative estimate of drug-likeness (QED) is 0.590. The molecule has 0 aliphatic carbocycles. The van der Waals surface area contributed by atoms with Crippen LogP contribution in [0.1, 0.15) is 47.1 Å². The Kier molecular flexibility index (Phi) is 9.08. The smallest absolute Gasteiger partial charge is 0.355 e. The van der Waals surface area contributed by atoms with Crippen LogP contribution in [0.25, 0.3) is 0 Å². The van der Waals surface area contributed by atoms with Crippen LogP contribution in [0, 0.1) is 0 Å². The lowest BCUT2D eigenvalue weighted by Gasteiger charge is -2.15. The standard InChI is InChI=1S/C17H20F3N.C2H6/c1-5-6-8-13(4)16(12(2)3)21-15-10-7-9-14(11-15)17(18,19)20;1-2/h5-11,21H,1-4H3;1-2H3/b6-5-,13-8-;. The maximum atomic E-state index is 12.7. The lowest BCUT2D eigenvalue weighted by atomic mass is 10.1. The molecule has 0 unspecified atom stereocenters. The van der Waals surface area contributed by atoms with Crippen LogP contribution in [-0.4, -0.2) is 0 Å². The molecule has 23 heavy (non-hydrogen) atoms. The predicted molar refractivity (Wildman–Crippen MR) is 93.4 cm³/mol. The fourth-order valence-electron chi connectivity index (χ4n) is 1.86. The van der Waals surface area contributed by atoms with Crippen molar-refractivity contribution in [2.24, 2.45) is 0 Å². The molecule has 0 spiro atoms. The van der Waals surface area contributed by atoms with Crippen LogP contribution in [0.4, 0.5) is 18.9 Å². The van der Waals surface area contributed by atoms with E-state index in [-0.39, 0.29) is 0 Å². The Bertz CT molecular complexity index is 575. The first-order chi connectivity index (χ1) is 10.8. The van der Waals surface area contributed by atoms with Gasteiger partial charge in [0.2, 0.25) is 0 Å². The van der Waals surface area contributed by atoms with Gasteiger partial charge in [0.15, 0.2) is 0 Å². The fourth-order valence-corrected chi connectivity index (χ4v) is 1.86. The molecule has 1 N–H and O–H groups in total. The molecule has 0 bridgehead atoms. The third-order valence-corrected chi connectivity index (χ3v) is 2.89. The van der Waals surface area contributed by atoms with Gasteiger partial charge in [-0.3, -0.25) is 0 Å². The molecular weight excluding hydrogens is 299 g/mol. The van der Waals surface area contributed by atoms with Crippen LogP contribution < -0.4 is 5.32 Å². The molecule has 1 aromatic carbocycles. The molecule has 0 saturated carbocycles. The van der Waals surface area contributed by atoms with E-state index in [1.54, 1.807) is 6.07 Å². The summed E-state index contributed by atoms with van der Waals surface area (Å²) in [6.07, 6.45) is 1.38. The third-order valence-electron chi connectivity index (χ3n) is 2.89. The zero-order valence-corrected chi connectivity index (χ0v) is 14.7. The van der Waals surface area contributed by atoms with Gasteiger partial charge < -0.3 is 5.32 Å². The monoisotopic (exact) mass is 325 g/mol. The van der Waals surface area contributed by atoms with Gasteiger partial charge in [-0.25, -0.2) is 0 Å².